The number of hydrogen-bond donors (Lipinski definition) is 1. The van der Waals surface area contributed by atoms with Gasteiger partial charge in [0.05, 0.1) is 16.2 Å². The van der Waals surface area contributed by atoms with Crippen LogP contribution in [0.3, 0.4) is 0 Å². The van der Waals surface area contributed by atoms with E-state index >= 15 is 0 Å². The van der Waals surface area contributed by atoms with E-state index in [1.165, 1.54) is 18.2 Å². The van der Waals surface area contributed by atoms with Gasteiger partial charge in [-0.1, -0.05) is 6.07 Å². The number of carbonyl (C=O) groups excluding carboxylic acids is 1. The summed E-state index contributed by atoms with van der Waals surface area (Å²) in [5.41, 5.74) is -0.416. The van der Waals surface area contributed by atoms with Crippen molar-refractivity contribution in [1.82, 2.24) is 0 Å². The van der Waals surface area contributed by atoms with Gasteiger partial charge in [-0.25, -0.2) is 8.78 Å². The molecule has 1 heterocycles. The third-order valence-electron chi connectivity index (χ3n) is 4.08. The summed E-state index contributed by atoms with van der Waals surface area (Å²) in [5, 5.41) is 22.8. The van der Waals surface area contributed by atoms with E-state index in [0.29, 0.717) is 0 Å². The minimum atomic E-state index is -0.841. The molecule has 3 rings (SSSR count). The number of nitro groups is 1. The topological polar surface area (TPSA) is 99.3 Å². The normalized spacial score (nSPS) is 16.4. The number of nitriles is 1. The molecule has 2 aromatic rings. The molecular formula is C17H12F2N4O3. The number of nitrogens with zero attached hydrogens (tertiary/aromatic N) is 3. The lowest BCUT2D eigenvalue weighted by molar-refractivity contribution is -0.384. The Morgan fingerprint density at radius 3 is 2.58 bits per heavy atom. The molecule has 1 atom stereocenters. The van der Waals surface area contributed by atoms with Crippen molar-refractivity contribution in [3.63, 3.8) is 0 Å². The molecule has 9 heteroatoms. The average molecular weight is 358 g/mol. The van der Waals surface area contributed by atoms with Crippen molar-refractivity contribution in [2.75, 3.05) is 16.8 Å². The van der Waals surface area contributed by atoms with Crippen LogP contribution in [0.4, 0.5) is 25.8 Å². The predicted molar refractivity (Wildman–Crippen MR) is 88.6 cm³/mol. The largest absolute Gasteiger partial charge is 0.373 e. The Hall–Kier alpha value is -3.54. The van der Waals surface area contributed by atoms with Gasteiger partial charge in [0.2, 0.25) is 5.91 Å². The van der Waals surface area contributed by atoms with E-state index in [0.717, 1.165) is 23.1 Å². The number of anilines is 2. The van der Waals surface area contributed by atoms with E-state index in [4.69, 9.17) is 5.26 Å². The van der Waals surface area contributed by atoms with Gasteiger partial charge in [0.15, 0.2) is 0 Å². The van der Waals surface area contributed by atoms with Crippen LogP contribution in [-0.2, 0) is 4.79 Å². The summed E-state index contributed by atoms with van der Waals surface area (Å²) in [6.07, 6.45) is 0.258. The molecule has 0 radical (unpaired) electrons. The Kier molecular flexibility index (Phi) is 4.49. The Labute approximate surface area is 146 Å². The first kappa shape index (κ1) is 17.3. The Balaban J connectivity index is 1.84. The number of amides is 1. The van der Waals surface area contributed by atoms with E-state index in [9.17, 15) is 23.7 Å². The van der Waals surface area contributed by atoms with Crippen molar-refractivity contribution in [3.05, 3.63) is 63.7 Å². The van der Waals surface area contributed by atoms with Gasteiger partial charge < -0.3 is 10.2 Å². The van der Waals surface area contributed by atoms with E-state index < -0.39 is 34.2 Å². The molecule has 1 N–H and O–H groups in total. The predicted octanol–water partition coefficient (Wildman–Crippen LogP) is 2.96. The van der Waals surface area contributed by atoms with Crippen LogP contribution < -0.4 is 10.2 Å². The summed E-state index contributed by atoms with van der Waals surface area (Å²) in [5.74, 6) is -2.23. The highest BCUT2D eigenvalue weighted by Crippen LogP contribution is 2.30. The molecule has 1 fully saturated rings. The van der Waals surface area contributed by atoms with Gasteiger partial charge in [-0.3, -0.25) is 14.9 Å². The smallest absolute Gasteiger partial charge is 0.270 e. The molecule has 1 saturated heterocycles. The van der Waals surface area contributed by atoms with Crippen molar-refractivity contribution >= 4 is 23.0 Å². The van der Waals surface area contributed by atoms with Gasteiger partial charge in [-0.15, -0.1) is 0 Å². The highest BCUT2D eigenvalue weighted by molar-refractivity contribution is 6.01. The quantitative estimate of drug-likeness (QED) is 0.669. The fourth-order valence-corrected chi connectivity index (χ4v) is 2.83. The molecule has 1 aliphatic heterocycles. The minimum Gasteiger partial charge on any atom is -0.373 e. The molecule has 26 heavy (non-hydrogen) atoms. The zero-order valence-electron chi connectivity index (χ0n) is 13.3. The van der Waals surface area contributed by atoms with Crippen molar-refractivity contribution < 1.29 is 18.5 Å². The Morgan fingerprint density at radius 1 is 1.27 bits per heavy atom. The number of hydrogen-bond acceptors (Lipinski definition) is 5. The SMILES string of the molecule is N#Cc1cc([N+](=O)[O-])ccc1NC1CCN(c2c(F)cccc2F)C1=O. The number of benzene rings is 2. The minimum absolute atomic E-state index is 0.00234. The maximum absolute atomic E-state index is 13.9. The molecule has 0 aromatic heterocycles. The zero-order valence-corrected chi connectivity index (χ0v) is 13.3. The molecular weight excluding hydrogens is 346 g/mol. The first-order chi connectivity index (χ1) is 12.4. The fourth-order valence-electron chi connectivity index (χ4n) is 2.83. The second-order valence-electron chi connectivity index (χ2n) is 5.64. The first-order valence-corrected chi connectivity index (χ1v) is 7.63. The van der Waals surface area contributed by atoms with Gasteiger partial charge in [-0.2, -0.15) is 5.26 Å². The average Bonchev–Trinajstić information content (AvgIpc) is 2.96. The van der Waals surface area contributed by atoms with E-state index in [2.05, 4.69) is 5.32 Å². The molecule has 1 aliphatic rings. The van der Waals surface area contributed by atoms with E-state index in [-0.39, 0.29) is 29.9 Å². The molecule has 0 spiro atoms. The first-order valence-electron chi connectivity index (χ1n) is 7.63. The lowest BCUT2D eigenvalue weighted by atomic mass is 10.1. The number of halogens is 2. The standard InChI is InChI=1S/C17H12F2N4O3/c18-12-2-1-3-13(19)16(12)22-7-6-15(17(22)24)21-14-5-4-11(23(25)26)8-10(14)9-20/h1-5,8,15,21H,6-7H2. The summed E-state index contributed by atoms with van der Waals surface area (Å²) in [6, 6.07) is 7.99. The third kappa shape index (κ3) is 3.04. The Bertz CT molecular complexity index is 922. The number of nitrogens with one attached hydrogen (secondary N) is 1. The molecule has 0 saturated carbocycles. The van der Waals surface area contributed by atoms with Gasteiger partial charge in [0.25, 0.3) is 5.69 Å². The zero-order chi connectivity index (χ0) is 18.8. The van der Waals surface area contributed by atoms with E-state index in [1.807, 2.05) is 6.07 Å². The van der Waals surface area contributed by atoms with Crippen molar-refractivity contribution in [3.8, 4) is 6.07 Å². The van der Waals surface area contributed by atoms with Crippen LogP contribution in [0, 0.1) is 33.1 Å². The highest BCUT2D eigenvalue weighted by Gasteiger charge is 2.35. The maximum Gasteiger partial charge on any atom is 0.270 e. The number of nitro benzene ring substituents is 1. The summed E-state index contributed by atoms with van der Waals surface area (Å²) < 4.78 is 27.8. The van der Waals surface area contributed by atoms with E-state index in [1.54, 1.807) is 0 Å². The number of non-ortho nitro benzene ring substituents is 1. The number of carbonyl (C=O) groups is 1. The van der Waals surface area contributed by atoms with Crippen molar-refractivity contribution in [2.45, 2.75) is 12.5 Å². The van der Waals surface area contributed by atoms with Gasteiger partial charge in [0.1, 0.15) is 29.4 Å². The van der Waals surface area contributed by atoms with Crippen molar-refractivity contribution in [1.29, 1.82) is 5.26 Å². The summed E-state index contributed by atoms with van der Waals surface area (Å²) in [4.78, 5) is 23.7. The van der Waals surface area contributed by atoms with Crippen LogP contribution in [0.25, 0.3) is 0 Å². The lowest BCUT2D eigenvalue weighted by Crippen LogP contribution is -2.34. The van der Waals surface area contributed by atoms with Gasteiger partial charge in [-0.05, 0) is 24.6 Å². The maximum atomic E-state index is 13.9. The third-order valence-corrected chi connectivity index (χ3v) is 4.08. The number of para-hydroxylation sites is 1. The number of rotatable bonds is 4. The summed E-state index contributed by atoms with van der Waals surface area (Å²) in [7, 11) is 0. The summed E-state index contributed by atoms with van der Waals surface area (Å²) in [6.45, 7) is 0.100. The lowest BCUT2D eigenvalue weighted by Gasteiger charge is -2.19. The second kappa shape index (κ2) is 6.76. The molecule has 0 bridgehead atoms. The molecule has 2 aromatic carbocycles. The second-order valence-corrected chi connectivity index (χ2v) is 5.64. The van der Waals surface area contributed by atoms with Crippen LogP contribution in [0.5, 0.6) is 0 Å². The van der Waals surface area contributed by atoms with Crippen LogP contribution >= 0.6 is 0 Å². The molecule has 0 aliphatic carbocycles. The van der Waals surface area contributed by atoms with Crippen LogP contribution in [0.15, 0.2) is 36.4 Å². The van der Waals surface area contributed by atoms with Gasteiger partial charge >= 0.3 is 0 Å². The van der Waals surface area contributed by atoms with Gasteiger partial charge in [0, 0.05) is 18.7 Å². The van der Waals surface area contributed by atoms with Crippen LogP contribution in [-0.4, -0.2) is 23.4 Å². The molecule has 1 unspecified atom stereocenters. The monoisotopic (exact) mass is 358 g/mol. The van der Waals surface area contributed by atoms with Crippen LogP contribution in [0.1, 0.15) is 12.0 Å². The van der Waals surface area contributed by atoms with Crippen LogP contribution in [0.2, 0.25) is 0 Å². The highest BCUT2D eigenvalue weighted by atomic mass is 19.1. The Morgan fingerprint density at radius 2 is 1.96 bits per heavy atom. The summed E-state index contributed by atoms with van der Waals surface area (Å²) >= 11 is 0. The fraction of sp³-hybridized carbons (Fsp3) is 0.176. The molecule has 7 nitrogen and oxygen atoms in total. The molecule has 132 valence electrons. The van der Waals surface area contributed by atoms with Crippen molar-refractivity contribution in [2.24, 2.45) is 0 Å². The molecule has 1 amide bonds.